The van der Waals surface area contributed by atoms with Crippen molar-refractivity contribution in [3.8, 4) is 11.3 Å². The molecule has 0 bridgehead atoms. The molecule has 0 atom stereocenters. The second-order valence-corrected chi connectivity index (χ2v) is 4.70. The number of nitrogens with zero attached hydrogens (tertiary/aromatic N) is 2. The van der Waals surface area contributed by atoms with E-state index in [0.717, 1.165) is 0 Å². The van der Waals surface area contributed by atoms with E-state index in [1.54, 1.807) is 19.2 Å². The van der Waals surface area contributed by atoms with Crippen LogP contribution in [0.2, 0.25) is 0 Å². The predicted octanol–water partition coefficient (Wildman–Crippen LogP) is 3.03. The van der Waals surface area contributed by atoms with Gasteiger partial charge in [-0.05, 0) is 25.0 Å². The van der Waals surface area contributed by atoms with Crippen LogP contribution in [0.1, 0.15) is 25.3 Å². The molecule has 1 aromatic heterocycles. The number of nitrogens with one attached hydrogen (secondary N) is 2. The molecule has 2 N–H and O–H groups in total. The first-order chi connectivity index (χ1) is 10.0. The van der Waals surface area contributed by atoms with Crippen LogP contribution >= 0.6 is 0 Å². The predicted molar refractivity (Wildman–Crippen MR) is 79.0 cm³/mol. The summed E-state index contributed by atoms with van der Waals surface area (Å²) in [6.45, 7) is 3.60. The lowest BCUT2D eigenvalue weighted by Gasteiger charge is -2.10. The van der Waals surface area contributed by atoms with Crippen LogP contribution in [-0.4, -0.2) is 20.8 Å². The van der Waals surface area contributed by atoms with E-state index in [1.165, 1.54) is 12.4 Å². The molecule has 0 fully saturated rings. The lowest BCUT2D eigenvalue weighted by Crippen LogP contribution is -2.13. The molecule has 2 aromatic rings. The van der Waals surface area contributed by atoms with Crippen LogP contribution in [0.25, 0.3) is 11.3 Å². The van der Waals surface area contributed by atoms with Crippen LogP contribution in [-0.2, 0) is 4.79 Å². The summed E-state index contributed by atoms with van der Waals surface area (Å²) in [7, 11) is 0. The molecule has 0 unspecified atom stereocenters. The normalized spacial score (nSPS) is 10.4. The number of carbonyl (C=O) groups excluding carboxylic acids is 1. The molecule has 1 heterocycles. The fraction of sp³-hybridized carbons (Fsp3) is 0.286. The molecule has 21 heavy (non-hydrogen) atoms. The number of hydrogen-bond donors (Lipinski definition) is 2. The number of hydrogen-bond acceptors (Lipinski definition) is 4. The number of amides is 1. The van der Waals surface area contributed by atoms with Crippen molar-refractivity contribution in [1.29, 1.82) is 0 Å². The van der Waals surface area contributed by atoms with Crippen molar-refractivity contribution in [2.75, 3.05) is 5.32 Å². The highest BCUT2D eigenvalue weighted by molar-refractivity contribution is 5.94. The van der Waals surface area contributed by atoms with E-state index < -0.39 is 4.92 Å². The number of aromatic nitrogens is 2. The molecule has 0 aliphatic rings. The Morgan fingerprint density at radius 3 is 2.81 bits per heavy atom. The van der Waals surface area contributed by atoms with Crippen molar-refractivity contribution in [3.05, 3.63) is 40.3 Å². The van der Waals surface area contributed by atoms with E-state index in [0.29, 0.717) is 29.7 Å². The second kappa shape index (κ2) is 6.17. The first kappa shape index (κ1) is 14.7. The molecule has 7 heteroatoms. The zero-order valence-corrected chi connectivity index (χ0v) is 11.8. The number of aromatic amines is 1. The zero-order chi connectivity index (χ0) is 15.4. The van der Waals surface area contributed by atoms with Crippen molar-refractivity contribution >= 4 is 17.3 Å². The lowest BCUT2D eigenvalue weighted by atomic mass is 10.1. The van der Waals surface area contributed by atoms with Crippen molar-refractivity contribution < 1.29 is 9.72 Å². The maximum atomic E-state index is 11.7. The Bertz CT molecular complexity index is 665. The molecule has 110 valence electrons. The Kier molecular flexibility index (Phi) is 4.32. The fourth-order valence-electron chi connectivity index (χ4n) is 2.07. The summed E-state index contributed by atoms with van der Waals surface area (Å²) in [5.74, 6) is -0.226. The van der Waals surface area contributed by atoms with Gasteiger partial charge in [-0.15, -0.1) is 0 Å². The van der Waals surface area contributed by atoms with E-state index in [4.69, 9.17) is 0 Å². The van der Waals surface area contributed by atoms with Crippen LogP contribution in [0.3, 0.4) is 0 Å². The highest BCUT2D eigenvalue weighted by Crippen LogP contribution is 2.33. The molecule has 1 aromatic carbocycles. The van der Waals surface area contributed by atoms with E-state index in [9.17, 15) is 14.9 Å². The number of nitro groups is 1. The summed E-state index contributed by atoms with van der Waals surface area (Å²) in [5.41, 5.74) is 2.00. The highest BCUT2D eigenvalue weighted by atomic mass is 16.6. The smallest absolute Gasteiger partial charge is 0.293 e. The monoisotopic (exact) mass is 288 g/mol. The molecule has 1 amide bonds. The number of rotatable bonds is 5. The third-order valence-corrected chi connectivity index (χ3v) is 3.05. The van der Waals surface area contributed by atoms with Gasteiger partial charge in [-0.25, -0.2) is 4.98 Å². The molecule has 0 saturated heterocycles. The van der Waals surface area contributed by atoms with Gasteiger partial charge in [0.15, 0.2) is 0 Å². The number of nitro benzene ring substituents is 1. The van der Waals surface area contributed by atoms with Gasteiger partial charge in [0.05, 0.1) is 16.9 Å². The SMILES string of the molecule is CCCC(=O)Nc1c(C)cc(-c2c[nH]cn2)cc1[N+](=O)[O-]. The summed E-state index contributed by atoms with van der Waals surface area (Å²) < 4.78 is 0. The third-order valence-electron chi connectivity index (χ3n) is 3.05. The van der Waals surface area contributed by atoms with Crippen LogP contribution in [0.5, 0.6) is 0 Å². The molecule has 0 radical (unpaired) electrons. The van der Waals surface area contributed by atoms with E-state index >= 15 is 0 Å². The third kappa shape index (κ3) is 3.25. The van der Waals surface area contributed by atoms with E-state index in [-0.39, 0.29) is 17.3 Å². The minimum absolute atomic E-state index is 0.127. The Morgan fingerprint density at radius 1 is 1.48 bits per heavy atom. The molecular formula is C14H16N4O3. The number of benzene rings is 1. The van der Waals surface area contributed by atoms with Gasteiger partial charge >= 0.3 is 0 Å². The Balaban J connectivity index is 2.45. The number of carbonyl (C=O) groups is 1. The summed E-state index contributed by atoms with van der Waals surface area (Å²) in [6, 6.07) is 3.19. The maximum absolute atomic E-state index is 11.7. The number of imidazole rings is 1. The minimum atomic E-state index is -0.495. The van der Waals surface area contributed by atoms with Crippen LogP contribution < -0.4 is 5.32 Å². The largest absolute Gasteiger partial charge is 0.351 e. The Morgan fingerprint density at radius 2 is 2.24 bits per heavy atom. The maximum Gasteiger partial charge on any atom is 0.293 e. The summed E-state index contributed by atoms with van der Waals surface area (Å²) >= 11 is 0. The molecule has 2 rings (SSSR count). The van der Waals surface area contributed by atoms with Crippen molar-refractivity contribution in [1.82, 2.24) is 9.97 Å². The summed E-state index contributed by atoms with van der Waals surface area (Å²) in [6.07, 6.45) is 4.18. The first-order valence-corrected chi connectivity index (χ1v) is 6.61. The van der Waals surface area contributed by atoms with Gasteiger partial charge < -0.3 is 10.3 Å². The summed E-state index contributed by atoms with van der Waals surface area (Å²) in [5, 5.41) is 13.9. The van der Waals surface area contributed by atoms with Gasteiger partial charge in [0.2, 0.25) is 5.91 Å². The lowest BCUT2D eigenvalue weighted by molar-refractivity contribution is -0.383. The van der Waals surface area contributed by atoms with Gasteiger partial charge in [0.1, 0.15) is 5.69 Å². The van der Waals surface area contributed by atoms with Gasteiger partial charge in [-0.3, -0.25) is 14.9 Å². The Labute approximate surface area is 121 Å². The van der Waals surface area contributed by atoms with E-state index in [1.807, 2.05) is 6.92 Å². The molecule has 0 aliphatic heterocycles. The molecule has 7 nitrogen and oxygen atoms in total. The summed E-state index contributed by atoms with van der Waals surface area (Å²) in [4.78, 5) is 29.4. The topological polar surface area (TPSA) is 101 Å². The van der Waals surface area contributed by atoms with E-state index in [2.05, 4.69) is 15.3 Å². The molecule has 0 saturated carbocycles. The van der Waals surface area contributed by atoms with Gasteiger partial charge in [0, 0.05) is 24.2 Å². The van der Waals surface area contributed by atoms with Crippen LogP contribution in [0.4, 0.5) is 11.4 Å². The number of anilines is 1. The molecule has 0 aliphatic carbocycles. The average Bonchev–Trinajstić information content (AvgIpc) is 2.94. The van der Waals surface area contributed by atoms with Gasteiger partial charge in [-0.2, -0.15) is 0 Å². The Hall–Kier alpha value is -2.70. The standard InChI is InChI=1S/C14H16N4O3/c1-3-4-13(19)17-14-9(2)5-10(6-12(14)18(20)21)11-7-15-8-16-11/h5-8H,3-4H2,1-2H3,(H,15,16)(H,17,19). The second-order valence-electron chi connectivity index (χ2n) is 4.70. The van der Waals surface area contributed by atoms with Crippen LogP contribution in [0.15, 0.2) is 24.7 Å². The van der Waals surface area contributed by atoms with Gasteiger partial charge in [0.25, 0.3) is 5.69 Å². The van der Waals surface area contributed by atoms with Crippen LogP contribution in [0, 0.1) is 17.0 Å². The fourth-order valence-corrected chi connectivity index (χ4v) is 2.07. The quantitative estimate of drug-likeness (QED) is 0.652. The van der Waals surface area contributed by atoms with Crippen molar-refractivity contribution in [2.45, 2.75) is 26.7 Å². The zero-order valence-electron chi connectivity index (χ0n) is 11.8. The van der Waals surface area contributed by atoms with Gasteiger partial charge in [-0.1, -0.05) is 6.92 Å². The average molecular weight is 288 g/mol. The number of aryl methyl sites for hydroxylation is 1. The minimum Gasteiger partial charge on any atom is -0.351 e. The van der Waals surface area contributed by atoms with Crippen molar-refractivity contribution in [3.63, 3.8) is 0 Å². The first-order valence-electron chi connectivity index (χ1n) is 6.61. The highest BCUT2D eigenvalue weighted by Gasteiger charge is 2.20. The number of H-pyrrole nitrogens is 1. The molecule has 0 spiro atoms. The van der Waals surface area contributed by atoms with Crippen molar-refractivity contribution in [2.24, 2.45) is 0 Å². The molecular weight excluding hydrogens is 272 g/mol.